The lowest BCUT2D eigenvalue weighted by atomic mass is 10.2. The van der Waals surface area contributed by atoms with E-state index in [0.717, 1.165) is 11.3 Å². The Kier molecular flexibility index (Phi) is 4.85. The number of aromatic nitrogens is 1. The second-order valence-corrected chi connectivity index (χ2v) is 6.13. The van der Waals surface area contributed by atoms with Crippen LogP contribution in [0, 0.1) is 0 Å². The molecule has 0 fully saturated rings. The zero-order valence-corrected chi connectivity index (χ0v) is 14.5. The van der Waals surface area contributed by atoms with Crippen LogP contribution in [0.5, 0.6) is 11.5 Å². The van der Waals surface area contributed by atoms with Gasteiger partial charge < -0.3 is 24.3 Å². The fraction of sp³-hybridized carbons (Fsp3) is 0.353. The van der Waals surface area contributed by atoms with Crippen molar-refractivity contribution in [3.05, 3.63) is 46.7 Å². The van der Waals surface area contributed by atoms with Gasteiger partial charge in [0.15, 0.2) is 11.5 Å². The molecule has 128 valence electrons. The predicted octanol–water partition coefficient (Wildman–Crippen LogP) is 2.79. The summed E-state index contributed by atoms with van der Waals surface area (Å²) in [6.45, 7) is 1.90. The SMILES string of the molecule is CN(Cc1cccn1C)C(=O)NCc1cc(Cl)c2c(c1)OCCO2. The maximum atomic E-state index is 12.2. The molecule has 1 aliphatic heterocycles. The third-order valence-corrected chi connectivity index (χ3v) is 4.18. The van der Waals surface area contributed by atoms with Crippen molar-refractivity contribution in [1.82, 2.24) is 14.8 Å². The summed E-state index contributed by atoms with van der Waals surface area (Å²) in [5.41, 5.74) is 1.93. The lowest BCUT2D eigenvalue weighted by Crippen LogP contribution is -2.36. The molecule has 7 heteroatoms. The van der Waals surface area contributed by atoms with Gasteiger partial charge >= 0.3 is 6.03 Å². The Hall–Kier alpha value is -2.34. The number of carbonyl (C=O) groups is 1. The van der Waals surface area contributed by atoms with Gasteiger partial charge in [0, 0.05) is 32.5 Å². The van der Waals surface area contributed by atoms with Crippen LogP contribution in [0.4, 0.5) is 4.79 Å². The largest absolute Gasteiger partial charge is 0.486 e. The molecule has 3 rings (SSSR count). The van der Waals surface area contributed by atoms with E-state index < -0.39 is 0 Å². The molecule has 2 amide bonds. The Labute approximate surface area is 145 Å². The first kappa shape index (κ1) is 16.5. The normalized spacial score (nSPS) is 12.8. The molecule has 0 saturated heterocycles. The number of ether oxygens (including phenoxy) is 2. The van der Waals surface area contributed by atoms with Gasteiger partial charge in [0.2, 0.25) is 0 Å². The van der Waals surface area contributed by atoms with Crippen LogP contribution in [0.25, 0.3) is 0 Å². The van der Waals surface area contributed by atoms with Crippen molar-refractivity contribution in [3.63, 3.8) is 0 Å². The van der Waals surface area contributed by atoms with Crippen LogP contribution in [0.2, 0.25) is 5.02 Å². The number of amides is 2. The number of fused-ring (bicyclic) bond motifs is 1. The molecular formula is C17H20ClN3O3. The molecule has 0 spiro atoms. The summed E-state index contributed by atoms with van der Waals surface area (Å²) in [5.74, 6) is 1.19. The molecular weight excluding hydrogens is 330 g/mol. The van der Waals surface area contributed by atoms with Crippen LogP contribution >= 0.6 is 11.6 Å². The molecule has 0 saturated carbocycles. The van der Waals surface area contributed by atoms with Crippen LogP contribution in [0.15, 0.2) is 30.5 Å². The smallest absolute Gasteiger partial charge is 0.317 e. The second-order valence-electron chi connectivity index (χ2n) is 5.73. The highest BCUT2D eigenvalue weighted by atomic mass is 35.5. The first-order chi connectivity index (χ1) is 11.5. The van der Waals surface area contributed by atoms with Crippen molar-refractivity contribution in [2.24, 2.45) is 7.05 Å². The number of hydrogen-bond donors (Lipinski definition) is 1. The van der Waals surface area contributed by atoms with E-state index in [1.807, 2.05) is 36.0 Å². The number of nitrogens with zero attached hydrogens (tertiary/aromatic N) is 2. The maximum Gasteiger partial charge on any atom is 0.317 e. The summed E-state index contributed by atoms with van der Waals surface area (Å²) in [7, 11) is 3.72. The number of nitrogens with one attached hydrogen (secondary N) is 1. The molecule has 1 aromatic heterocycles. The summed E-state index contributed by atoms with van der Waals surface area (Å²) in [6, 6.07) is 7.43. The highest BCUT2D eigenvalue weighted by Crippen LogP contribution is 2.38. The number of aryl methyl sites for hydroxylation is 1. The minimum atomic E-state index is -0.151. The number of rotatable bonds is 4. The Bertz CT molecular complexity index is 745. The topological polar surface area (TPSA) is 55.7 Å². The molecule has 0 aliphatic carbocycles. The molecule has 0 unspecified atom stereocenters. The quantitative estimate of drug-likeness (QED) is 0.923. The van der Waals surface area contributed by atoms with E-state index in [4.69, 9.17) is 21.1 Å². The van der Waals surface area contributed by atoms with E-state index in [9.17, 15) is 4.79 Å². The Morgan fingerprint density at radius 3 is 2.92 bits per heavy atom. The van der Waals surface area contributed by atoms with Gasteiger partial charge in [0.05, 0.1) is 11.6 Å². The van der Waals surface area contributed by atoms with Gasteiger partial charge in [-0.25, -0.2) is 4.79 Å². The van der Waals surface area contributed by atoms with Gasteiger partial charge in [-0.1, -0.05) is 11.6 Å². The average Bonchev–Trinajstić information content (AvgIpc) is 2.97. The lowest BCUT2D eigenvalue weighted by Gasteiger charge is -2.21. The molecule has 0 atom stereocenters. The number of benzene rings is 1. The summed E-state index contributed by atoms with van der Waals surface area (Å²) in [6.07, 6.45) is 1.96. The Morgan fingerprint density at radius 2 is 2.17 bits per heavy atom. The van der Waals surface area contributed by atoms with E-state index >= 15 is 0 Å². The van der Waals surface area contributed by atoms with Crippen molar-refractivity contribution in [3.8, 4) is 11.5 Å². The van der Waals surface area contributed by atoms with Crippen LogP contribution in [0.3, 0.4) is 0 Å². The highest BCUT2D eigenvalue weighted by molar-refractivity contribution is 6.32. The minimum Gasteiger partial charge on any atom is -0.486 e. The molecule has 0 bridgehead atoms. The highest BCUT2D eigenvalue weighted by Gasteiger charge is 2.17. The van der Waals surface area contributed by atoms with Crippen molar-refractivity contribution >= 4 is 17.6 Å². The minimum absolute atomic E-state index is 0.151. The molecule has 1 N–H and O–H groups in total. The summed E-state index contributed by atoms with van der Waals surface area (Å²) < 4.78 is 13.0. The summed E-state index contributed by atoms with van der Waals surface area (Å²) in [4.78, 5) is 13.9. The Balaban J connectivity index is 1.60. The van der Waals surface area contributed by atoms with Crippen LogP contribution in [-0.4, -0.2) is 35.8 Å². The number of carbonyl (C=O) groups excluding carboxylic acids is 1. The van der Waals surface area contributed by atoms with E-state index in [1.54, 1.807) is 18.0 Å². The molecule has 2 heterocycles. The molecule has 2 aromatic rings. The average molecular weight is 350 g/mol. The van der Waals surface area contributed by atoms with Gasteiger partial charge in [-0.15, -0.1) is 0 Å². The molecule has 6 nitrogen and oxygen atoms in total. The molecule has 0 radical (unpaired) electrons. The van der Waals surface area contributed by atoms with Crippen LogP contribution in [-0.2, 0) is 20.1 Å². The van der Waals surface area contributed by atoms with Crippen molar-refractivity contribution in [1.29, 1.82) is 0 Å². The van der Waals surface area contributed by atoms with E-state index in [2.05, 4.69) is 5.32 Å². The maximum absolute atomic E-state index is 12.2. The molecule has 1 aromatic carbocycles. The first-order valence-electron chi connectivity index (χ1n) is 7.72. The zero-order chi connectivity index (χ0) is 17.1. The van der Waals surface area contributed by atoms with Gasteiger partial charge in [0.1, 0.15) is 13.2 Å². The standard InChI is InChI=1S/C17H20ClN3O3/c1-20-5-3-4-13(20)11-21(2)17(22)19-10-12-8-14(18)16-15(9-12)23-6-7-24-16/h3-5,8-9H,6-7,10-11H2,1-2H3,(H,19,22). The van der Waals surface area contributed by atoms with Crippen LogP contribution < -0.4 is 14.8 Å². The van der Waals surface area contributed by atoms with Crippen molar-refractivity contribution < 1.29 is 14.3 Å². The van der Waals surface area contributed by atoms with E-state index in [0.29, 0.717) is 42.8 Å². The predicted molar refractivity (Wildman–Crippen MR) is 91.6 cm³/mol. The van der Waals surface area contributed by atoms with E-state index in [1.165, 1.54) is 0 Å². The Morgan fingerprint density at radius 1 is 1.38 bits per heavy atom. The number of urea groups is 1. The first-order valence-corrected chi connectivity index (χ1v) is 8.09. The monoisotopic (exact) mass is 349 g/mol. The van der Waals surface area contributed by atoms with Crippen LogP contribution in [0.1, 0.15) is 11.3 Å². The van der Waals surface area contributed by atoms with Crippen molar-refractivity contribution in [2.75, 3.05) is 20.3 Å². The molecule has 24 heavy (non-hydrogen) atoms. The van der Waals surface area contributed by atoms with Gasteiger partial charge in [-0.05, 0) is 29.8 Å². The molecule has 1 aliphatic rings. The fourth-order valence-electron chi connectivity index (χ4n) is 2.55. The van der Waals surface area contributed by atoms with Gasteiger partial charge in [-0.2, -0.15) is 0 Å². The van der Waals surface area contributed by atoms with E-state index in [-0.39, 0.29) is 6.03 Å². The number of hydrogen-bond acceptors (Lipinski definition) is 3. The summed E-state index contributed by atoms with van der Waals surface area (Å²) >= 11 is 6.21. The van der Waals surface area contributed by atoms with Gasteiger partial charge in [-0.3, -0.25) is 0 Å². The van der Waals surface area contributed by atoms with Gasteiger partial charge in [0.25, 0.3) is 0 Å². The summed E-state index contributed by atoms with van der Waals surface area (Å²) in [5, 5.41) is 3.38. The van der Waals surface area contributed by atoms with Crippen molar-refractivity contribution in [2.45, 2.75) is 13.1 Å². The second kappa shape index (κ2) is 7.05. The lowest BCUT2D eigenvalue weighted by molar-refractivity contribution is 0.171. The zero-order valence-electron chi connectivity index (χ0n) is 13.7. The number of halogens is 1. The third-order valence-electron chi connectivity index (χ3n) is 3.90. The third kappa shape index (κ3) is 3.59. The fourth-order valence-corrected chi connectivity index (χ4v) is 2.84.